The maximum absolute atomic E-state index is 11.6. The van der Waals surface area contributed by atoms with Crippen molar-refractivity contribution >= 4 is 56.0 Å². The van der Waals surface area contributed by atoms with Crippen LogP contribution in [0.3, 0.4) is 0 Å². The lowest BCUT2D eigenvalue weighted by atomic mass is 10.2. The molecular formula is C10H11BrIN3O2. The largest absolute Gasteiger partial charge is 0.370 e. The maximum atomic E-state index is 11.6. The number of benzene rings is 1. The van der Waals surface area contributed by atoms with Crippen LogP contribution in [0.25, 0.3) is 0 Å². The number of hydrogen-bond acceptors (Lipinski definition) is 3. The highest BCUT2D eigenvalue weighted by Gasteiger charge is 2.16. The lowest BCUT2D eigenvalue weighted by Crippen LogP contribution is -2.38. The first-order valence-corrected chi connectivity index (χ1v) is 6.57. The number of carbonyl (C=O) groups is 2. The van der Waals surface area contributed by atoms with Crippen LogP contribution in [0.5, 0.6) is 0 Å². The van der Waals surface area contributed by atoms with E-state index in [0.717, 1.165) is 8.04 Å². The van der Waals surface area contributed by atoms with Gasteiger partial charge in [-0.2, -0.15) is 0 Å². The molecule has 1 aromatic rings. The SMILES string of the molecule is NC(=O)CC(N)C(=O)Nc1ccc(I)c(Br)c1. The molecule has 17 heavy (non-hydrogen) atoms. The van der Waals surface area contributed by atoms with Crippen LogP contribution in [0.1, 0.15) is 6.42 Å². The molecule has 0 radical (unpaired) electrons. The van der Waals surface area contributed by atoms with Crippen molar-refractivity contribution in [2.45, 2.75) is 12.5 Å². The highest BCUT2D eigenvalue weighted by molar-refractivity contribution is 14.1. The van der Waals surface area contributed by atoms with Crippen molar-refractivity contribution in [2.24, 2.45) is 11.5 Å². The van der Waals surface area contributed by atoms with E-state index in [1.165, 1.54) is 0 Å². The lowest BCUT2D eigenvalue weighted by Gasteiger charge is -2.11. The summed E-state index contributed by atoms with van der Waals surface area (Å²) in [6, 6.07) is 4.43. The molecule has 7 heteroatoms. The fourth-order valence-corrected chi connectivity index (χ4v) is 1.83. The molecule has 5 N–H and O–H groups in total. The summed E-state index contributed by atoms with van der Waals surface area (Å²) in [5, 5.41) is 2.61. The smallest absolute Gasteiger partial charge is 0.241 e. The zero-order valence-corrected chi connectivity index (χ0v) is 12.5. The van der Waals surface area contributed by atoms with Crippen molar-refractivity contribution < 1.29 is 9.59 Å². The minimum absolute atomic E-state index is 0.169. The molecule has 92 valence electrons. The van der Waals surface area contributed by atoms with Crippen molar-refractivity contribution in [2.75, 3.05) is 5.32 Å². The number of carbonyl (C=O) groups excluding carboxylic acids is 2. The van der Waals surface area contributed by atoms with Gasteiger partial charge in [0.1, 0.15) is 0 Å². The van der Waals surface area contributed by atoms with Crippen LogP contribution in [-0.4, -0.2) is 17.9 Å². The summed E-state index contributed by atoms with van der Waals surface area (Å²) in [4.78, 5) is 22.2. The zero-order chi connectivity index (χ0) is 13.0. The van der Waals surface area contributed by atoms with Gasteiger partial charge >= 0.3 is 0 Å². The molecule has 0 aliphatic carbocycles. The second-order valence-corrected chi connectivity index (χ2v) is 5.41. The number of nitrogens with one attached hydrogen (secondary N) is 1. The van der Waals surface area contributed by atoms with Gasteiger partial charge in [0.25, 0.3) is 0 Å². The Labute approximate surface area is 121 Å². The monoisotopic (exact) mass is 411 g/mol. The molecule has 0 fully saturated rings. The first kappa shape index (κ1) is 14.4. The molecule has 2 amide bonds. The lowest BCUT2D eigenvalue weighted by molar-refractivity contribution is -0.123. The Balaban J connectivity index is 2.67. The third-order valence-corrected chi connectivity index (χ3v) is 4.28. The molecule has 0 spiro atoms. The van der Waals surface area contributed by atoms with Gasteiger partial charge in [-0.1, -0.05) is 0 Å². The minimum atomic E-state index is -0.925. The summed E-state index contributed by atoms with van der Waals surface area (Å²) in [5.41, 5.74) is 11.1. The van der Waals surface area contributed by atoms with Gasteiger partial charge in [-0.05, 0) is 56.7 Å². The second-order valence-electron chi connectivity index (χ2n) is 3.40. The molecular weight excluding hydrogens is 401 g/mol. The molecule has 0 saturated heterocycles. The molecule has 0 aromatic heterocycles. The second kappa shape index (κ2) is 6.31. The Morgan fingerprint density at radius 2 is 2.12 bits per heavy atom. The standard InChI is InChI=1S/C10H11BrIN3O2/c11-6-3-5(1-2-7(6)12)15-10(17)8(13)4-9(14)16/h1-3,8H,4,13H2,(H2,14,16)(H,15,17). The highest BCUT2D eigenvalue weighted by Crippen LogP contribution is 2.22. The van der Waals surface area contributed by atoms with E-state index >= 15 is 0 Å². The van der Waals surface area contributed by atoms with Crippen LogP contribution in [0.2, 0.25) is 0 Å². The molecule has 1 atom stereocenters. The van der Waals surface area contributed by atoms with Crippen molar-refractivity contribution in [3.8, 4) is 0 Å². The summed E-state index contributed by atoms with van der Waals surface area (Å²) >= 11 is 5.51. The Hall–Kier alpha value is -0.670. The average molecular weight is 412 g/mol. The first-order valence-electron chi connectivity index (χ1n) is 4.70. The Morgan fingerprint density at radius 3 is 2.65 bits per heavy atom. The van der Waals surface area contributed by atoms with E-state index in [9.17, 15) is 9.59 Å². The molecule has 1 rings (SSSR count). The highest BCUT2D eigenvalue weighted by atomic mass is 127. The molecule has 1 unspecified atom stereocenters. The number of primary amides is 1. The van der Waals surface area contributed by atoms with Gasteiger partial charge in [0.2, 0.25) is 11.8 Å². The molecule has 5 nitrogen and oxygen atoms in total. The number of halogens is 2. The van der Waals surface area contributed by atoms with E-state index in [4.69, 9.17) is 11.5 Å². The Morgan fingerprint density at radius 1 is 1.47 bits per heavy atom. The zero-order valence-electron chi connectivity index (χ0n) is 8.74. The summed E-state index contributed by atoms with van der Waals surface area (Å²) in [6.07, 6.45) is -0.169. The van der Waals surface area contributed by atoms with E-state index in [2.05, 4.69) is 43.8 Å². The number of nitrogens with two attached hydrogens (primary N) is 2. The van der Waals surface area contributed by atoms with Crippen molar-refractivity contribution in [1.29, 1.82) is 0 Å². The number of rotatable bonds is 4. The van der Waals surface area contributed by atoms with Crippen molar-refractivity contribution in [3.63, 3.8) is 0 Å². The van der Waals surface area contributed by atoms with Gasteiger partial charge < -0.3 is 16.8 Å². The average Bonchev–Trinajstić information content (AvgIpc) is 2.22. The minimum Gasteiger partial charge on any atom is -0.370 e. The summed E-state index contributed by atoms with van der Waals surface area (Å²) in [7, 11) is 0. The molecule has 0 aliphatic heterocycles. The van der Waals surface area contributed by atoms with Gasteiger partial charge in [-0.3, -0.25) is 9.59 Å². The van der Waals surface area contributed by atoms with Crippen LogP contribution in [-0.2, 0) is 9.59 Å². The van der Waals surface area contributed by atoms with E-state index in [1.807, 2.05) is 6.07 Å². The first-order chi connectivity index (χ1) is 7.90. The van der Waals surface area contributed by atoms with E-state index in [1.54, 1.807) is 12.1 Å². The van der Waals surface area contributed by atoms with Crippen LogP contribution in [0.4, 0.5) is 5.69 Å². The van der Waals surface area contributed by atoms with Crippen LogP contribution in [0.15, 0.2) is 22.7 Å². The number of anilines is 1. The van der Waals surface area contributed by atoms with E-state index < -0.39 is 17.9 Å². The molecule has 1 aromatic carbocycles. The molecule has 0 saturated carbocycles. The third kappa shape index (κ3) is 4.60. The normalized spacial score (nSPS) is 11.9. The molecule has 0 heterocycles. The number of hydrogen-bond donors (Lipinski definition) is 3. The fourth-order valence-electron chi connectivity index (χ4n) is 1.12. The van der Waals surface area contributed by atoms with Gasteiger partial charge in [0.15, 0.2) is 0 Å². The molecule has 0 aliphatic rings. The van der Waals surface area contributed by atoms with E-state index in [0.29, 0.717) is 5.69 Å². The van der Waals surface area contributed by atoms with Gasteiger partial charge in [-0.15, -0.1) is 0 Å². The maximum Gasteiger partial charge on any atom is 0.241 e. The van der Waals surface area contributed by atoms with Gasteiger partial charge in [0.05, 0.1) is 12.5 Å². The van der Waals surface area contributed by atoms with Gasteiger partial charge in [-0.25, -0.2) is 0 Å². The Bertz CT molecular complexity index is 453. The molecule has 0 bridgehead atoms. The summed E-state index contributed by atoms with van der Waals surface area (Å²) in [6.45, 7) is 0. The number of amides is 2. The van der Waals surface area contributed by atoms with Crippen LogP contribution >= 0.6 is 38.5 Å². The van der Waals surface area contributed by atoms with Gasteiger partial charge in [0, 0.05) is 13.7 Å². The topological polar surface area (TPSA) is 98.2 Å². The predicted molar refractivity (Wildman–Crippen MR) is 77.3 cm³/mol. The third-order valence-electron chi connectivity index (χ3n) is 1.95. The van der Waals surface area contributed by atoms with Crippen LogP contribution in [0, 0.1) is 3.57 Å². The van der Waals surface area contributed by atoms with Crippen molar-refractivity contribution in [1.82, 2.24) is 0 Å². The Kier molecular flexibility index (Phi) is 5.34. The summed E-state index contributed by atoms with van der Waals surface area (Å²) in [5.74, 6) is -1.03. The van der Waals surface area contributed by atoms with E-state index in [-0.39, 0.29) is 6.42 Å². The fraction of sp³-hybridized carbons (Fsp3) is 0.200. The van der Waals surface area contributed by atoms with Crippen LogP contribution < -0.4 is 16.8 Å². The predicted octanol–water partition coefficient (Wildman–Crippen LogP) is 1.19. The summed E-state index contributed by atoms with van der Waals surface area (Å²) < 4.78 is 1.90. The van der Waals surface area contributed by atoms with Crippen molar-refractivity contribution in [3.05, 3.63) is 26.2 Å². The quantitative estimate of drug-likeness (QED) is 0.649.